The Morgan fingerprint density at radius 2 is 1.88 bits per heavy atom. The van der Waals surface area contributed by atoms with Crippen LogP contribution >= 0.6 is 11.3 Å². The molecular formula is C17H20N2O3S2. The van der Waals surface area contributed by atoms with E-state index in [9.17, 15) is 13.2 Å². The lowest BCUT2D eigenvalue weighted by Gasteiger charge is -2.13. The molecule has 1 N–H and O–H groups in total. The molecule has 2 heterocycles. The van der Waals surface area contributed by atoms with Crippen LogP contribution in [0.1, 0.15) is 35.0 Å². The van der Waals surface area contributed by atoms with Gasteiger partial charge in [-0.25, -0.2) is 8.42 Å². The molecule has 0 radical (unpaired) electrons. The number of para-hydroxylation sites is 1. The van der Waals surface area contributed by atoms with Crippen molar-refractivity contribution in [1.82, 2.24) is 4.31 Å². The summed E-state index contributed by atoms with van der Waals surface area (Å²) in [7, 11) is -3.47. The lowest BCUT2D eigenvalue weighted by molar-refractivity contribution is 0.103. The zero-order valence-corrected chi connectivity index (χ0v) is 15.1. The van der Waals surface area contributed by atoms with Crippen molar-refractivity contribution in [2.75, 3.05) is 18.4 Å². The molecule has 0 bridgehead atoms. The second-order valence-corrected chi connectivity index (χ2v) is 8.94. The molecule has 2 aromatic rings. The Morgan fingerprint density at radius 1 is 1.17 bits per heavy atom. The number of sulfonamides is 1. The van der Waals surface area contributed by atoms with Gasteiger partial charge < -0.3 is 5.32 Å². The van der Waals surface area contributed by atoms with Crippen molar-refractivity contribution in [1.29, 1.82) is 0 Å². The maximum absolute atomic E-state index is 12.5. The van der Waals surface area contributed by atoms with Crippen LogP contribution in [0.4, 0.5) is 5.69 Å². The minimum Gasteiger partial charge on any atom is -0.321 e. The van der Waals surface area contributed by atoms with E-state index in [2.05, 4.69) is 5.32 Å². The number of carbonyl (C=O) groups excluding carboxylic acids is 1. The van der Waals surface area contributed by atoms with E-state index < -0.39 is 10.0 Å². The first-order chi connectivity index (χ1) is 11.5. The van der Waals surface area contributed by atoms with Gasteiger partial charge in [-0.3, -0.25) is 4.79 Å². The number of hydrogen-bond donors (Lipinski definition) is 1. The number of benzene rings is 1. The van der Waals surface area contributed by atoms with Crippen LogP contribution in [-0.4, -0.2) is 31.7 Å². The minimum absolute atomic E-state index is 0.235. The third kappa shape index (κ3) is 3.38. The molecule has 1 fully saturated rings. The van der Waals surface area contributed by atoms with E-state index in [0.29, 0.717) is 18.0 Å². The molecule has 0 aliphatic carbocycles. The number of carbonyl (C=O) groups is 1. The van der Waals surface area contributed by atoms with Crippen LogP contribution in [0.3, 0.4) is 0 Å². The molecule has 1 saturated heterocycles. The molecular weight excluding hydrogens is 344 g/mol. The second-order valence-electron chi connectivity index (χ2n) is 5.69. The molecule has 1 aliphatic heterocycles. The number of hydrogen-bond acceptors (Lipinski definition) is 4. The topological polar surface area (TPSA) is 66.5 Å². The van der Waals surface area contributed by atoms with Crippen LogP contribution in [0.5, 0.6) is 0 Å². The number of rotatable bonds is 5. The van der Waals surface area contributed by atoms with Gasteiger partial charge in [0.1, 0.15) is 4.21 Å². The Hall–Kier alpha value is -1.70. The Balaban J connectivity index is 1.79. The molecule has 0 atom stereocenters. The van der Waals surface area contributed by atoms with Crippen molar-refractivity contribution in [2.45, 2.75) is 30.4 Å². The van der Waals surface area contributed by atoms with Gasteiger partial charge in [-0.2, -0.15) is 4.31 Å². The Bertz CT molecular complexity index is 837. The number of aryl methyl sites for hydroxylation is 1. The van der Waals surface area contributed by atoms with Gasteiger partial charge in [-0.05, 0) is 43.0 Å². The predicted octanol–water partition coefficient (Wildman–Crippen LogP) is 3.35. The second kappa shape index (κ2) is 7.04. The van der Waals surface area contributed by atoms with Gasteiger partial charge in [0, 0.05) is 18.8 Å². The summed E-state index contributed by atoms with van der Waals surface area (Å²) in [6, 6.07) is 10.7. The normalized spacial score (nSPS) is 15.5. The lowest BCUT2D eigenvalue weighted by atomic mass is 10.1. The first kappa shape index (κ1) is 17.1. The molecule has 0 unspecified atom stereocenters. The van der Waals surface area contributed by atoms with Gasteiger partial charge in [0.2, 0.25) is 0 Å². The van der Waals surface area contributed by atoms with Crippen molar-refractivity contribution in [3.8, 4) is 0 Å². The van der Waals surface area contributed by atoms with Crippen molar-refractivity contribution in [3.05, 3.63) is 46.8 Å². The van der Waals surface area contributed by atoms with E-state index >= 15 is 0 Å². The Morgan fingerprint density at radius 3 is 2.58 bits per heavy atom. The largest absolute Gasteiger partial charge is 0.321 e. The number of amides is 1. The number of anilines is 1. The van der Waals surface area contributed by atoms with Gasteiger partial charge in [0.05, 0.1) is 4.88 Å². The smallest absolute Gasteiger partial charge is 0.265 e. The molecule has 0 spiro atoms. The molecule has 7 heteroatoms. The van der Waals surface area contributed by atoms with E-state index in [0.717, 1.165) is 41.9 Å². The maximum atomic E-state index is 12.5. The van der Waals surface area contributed by atoms with Crippen LogP contribution in [0.25, 0.3) is 0 Å². The van der Waals surface area contributed by atoms with Gasteiger partial charge in [-0.15, -0.1) is 11.3 Å². The molecule has 1 aliphatic rings. The average Bonchev–Trinajstić information content (AvgIpc) is 3.27. The van der Waals surface area contributed by atoms with Gasteiger partial charge >= 0.3 is 0 Å². The molecule has 3 rings (SSSR count). The highest BCUT2D eigenvalue weighted by Gasteiger charge is 2.29. The van der Waals surface area contributed by atoms with Gasteiger partial charge in [0.25, 0.3) is 15.9 Å². The van der Waals surface area contributed by atoms with Gasteiger partial charge in [0.15, 0.2) is 0 Å². The van der Waals surface area contributed by atoms with Crippen molar-refractivity contribution in [2.24, 2.45) is 0 Å². The summed E-state index contributed by atoms with van der Waals surface area (Å²) in [6.07, 6.45) is 2.60. The zero-order valence-electron chi connectivity index (χ0n) is 13.5. The van der Waals surface area contributed by atoms with E-state index in [1.807, 2.05) is 31.2 Å². The molecule has 24 heavy (non-hydrogen) atoms. The van der Waals surface area contributed by atoms with Crippen LogP contribution in [-0.2, 0) is 16.4 Å². The monoisotopic (exact) mass is 364 g/mol. The molecule has 128 valence electrons. The summed E-state index contributed by atoms with van der Waals surface area (Å²) >= 11 is 1.03. The van der Waals surface area contributed by atoms with E-state index in [1.165, 1.54) is 10.4 Å². The first-order valence-corrected chi connectivity index (χ1v) is 10.3. The highest BCUT2D eigenvalue weighted by molar-refractivity contribution is 7.91. The lowest BCUT2D eigenvalue weighted by Crippen LogP contribution is -2.27. The Labute approximate surface area is 146 Å². The average molecular weight is 364 g/mol. The molecule has 1 aromatic carbocycles. The summed E-state index contributed by atoms with van der Waals surface area (Å²) in [5, 5.41) is 2.88. The molecule has 1 amide bonds. The van der Waals surface area contributed by atoms with Crippen LogP contribution < -0.4 is 5.32 Å². The quantitative estimate of drug-likeness (QED) is 0.885. The van der Waals surface area contributed by atoms with Crippen LogP contribution in [0.2, 0.25) is 0 Å². The fourth-order valence-corrected chi connectivity index (χ4v) is 5.64. The minimum atomic E-state index is -3.47. The van der Waals surface area contributed by atoms with Crippen molar-refractivity contribution >= 4 is 33.0 Å². The maximum Gasteiger partial charge on any atom is 0.265 e. The van der Waals surface area contributed by atoms with Crippen molar-refractivity contribution in [3.63, 3.8) is 0 Å². The Kier molecular flexibility index (Phi) is 5.03. The van der Waals surface area contributed by atoms with E-state index in [4.69, 9.17) is 0 Å². The SMILES string of the molecule is CCc1ccccc1NC(=O)c1ccc(S(=O)(=O)N2CCCC2)s1. The van der Waals surface area contributed by atoms with Crippen LogP contribution in [0, 0.1) is 0 Å². The first-order valence-electron chi connectivity index (χ1n) is 8.01. The summed E-state index contributed by atoms with van der Waals surface area (Å²) in [5.74, 6) is -0.274. The molecule has 0 saturated carbocycles. The highest BCUT2D eigenvalue weighted by Crippen LogP contribution is 2.28. The number of thiophene rings is 1. The zero-order chi connectivity index (χ0) is 17.2. The molecule has 5 nitrogen and oxygen atoms in total. The summed E-state index contributed by atoms with van der Waals surface area (Å²) in [6.45, 7) is 3.15. The summed E-state index contributed by atoms with van der Waals surface area (Å²) in [5.41, 5.74) is 1.81. The number of nitrogens with zero attached hydrogens (tertiary/aromatic N) is 1. The third-order valence-electron chi connectivity index (χ3n) is 4.11. The highest BCUT2D eigenvalue weighted by atomic mass is 32.2. The van der Waals surface area contributed by atoms with Crippen molar-refractivity contribution < 1.29 is 13.2 Å². The number of nitrogens with one attached hydrogen (secondary N) is 1. The summed E-state index contributed by atoms with van der Waals surface area (Å²) in [4.78, 5) is 12.8. The standard InChI is InChI=1S/C17H20N2O3S2/c1-2-13-7-3-4-8-14(13)18-17(20)15-9-10-16(23-15)24(21,22)19-11-5-6-12-19/h3-4,7-10H,2,5-6,11-12H2,1H3,(H,18,20). The molecule has 1 aromatic heterocycles. The summed E-state index contributed by atoms with van der Waals surface area (Å²) < 4.78 is 26.8. The van der Waals surface area contributed by atoms with E-state index in [-0.39, 0.29) is 10.1 Å². The van der Waals surface area contributed by atoms with Gasteiger partial charge in [-0.1, -0.05) is 25.1 Å². The third-order valence-corrected chi connectivity index (χ3v) is 7.56. The van der Waals surface area contributed by atoms with E-state index in [1.54, 1.807) is 6.07 Å². The fourth-order valence-electron chi connectivity index (χ4n) is 2.77. The van der Waals surface area contributed by atoms with Crippen LogP contribution in [0.15, 0.2) is 40.6 Å². The fraction of sp³-hybridized carbons (Fsp3) is 0.353. The predicted molar refractivity (Wildman–Crippen MR) is 96.1 cm³/mol.